The van der Waals surface area contributed by atoms with Gasteiger partial charge in [-0.1, -0.05) is 54.3 Å². The molecular weight excluding hydrogens is 298 g/mol. The van der Waals surface area contributed by atoms with Crippen molar-refractivity contribution in [3.8, 4) is 11.8 Å². The molecule has 0 atom stereocenters. The molecule has 0 aliphatic carbocycles. The maximum Gasteiger partial charge on any atom is 0.411 e. The van der Waals surface area contributed by atoms with Gasteiger partial charge < -0.3 is 4.74 Å². The van der Waals surface area contributed by atoms with Gasteiger partial charge in [-0.05, 0) is 42.0 Å². The molecule has 3 nitrogen and oxygen atoms in total. The summed E-state index contributed by atoms with van der Waals surface area (Å²) in [5.74, 6) is 6.28. The largest absolute Gasteiger partial charge is 0.450 e. The van der Waals surface area contributed by atoms with Gasteiger partial charge in [0.25, 0.3) is 0 Å². The summed E-state index contributed by atoms with van der Waals surface area (Å²) in [4.78, 5) is 11.8. The van der Waals surface area contributed by atoms with Gasteiger partial charge in [-0.2, -0.15) is 0 Å². The van der Waals surface area contributed by atoms with E-state index in [0.29, 0.717) is 12.3 Å². The van der Waals surface area contributed by atoms with Crippen LogP contribution < -0.4 is 5.32 Å². The van der Waals surface area contributed by atoms with E-state index in [2.05, 4.69) is 17.2 Å². The van der Waals surface area contributed by atoms with Crippen LogP contribution in [-0.4, -0.2) is 12.7 Å². The average Bonchev–Trinajstić information content (AvgIpc) is 2.61. The van der Waals surface area contributed by atoms with Gasteiger partial charge in [0.05, 0.1) is 12.3 Å². The molecule has 24 heavy (non-hydrogen) atoms. The lowest BCUT2D eigenvalue weighted by Crippen LogP contribution is -2.14. The molecule has 0 heterocycles. The SMILES string of the molecule is CCOC(=O)Nc1cc2ccccc2cc1C#Cc1ccccc1. The molecule has 0 saturated heterocycles. The molecule has 0 fully saturated rings. The van der Waals surface area contributed by atoms with E-state index in [1.807, 2.05) is 66.7 Å². The smallest absolute Gasteiger partial charge is 0.411 e. The minimum atomic E-state index is -0.476. The third-order valence-corrected chi connectivity index (χ3v) is 3.51. The number of hydrogen-bond acceptors (Lipinski definition) is 2. The standard InChI is InChI=1S/C21H17NO2/c1-2-24-21(23)22-20-15-18-11-7-6-10-17(18)14-19(20)13-12-16-8-4-3-5-9-16/h3-11,14-15H,2H2,1H3,(H,22,23). The van der Waals surface area contributed by atoms with Crippen molar-refractivity contribution in [2.45, 2.75) is 6.92 Å². The molecule has 0 aliphatic heterocycles. The van der Waals surface area contributed by atoms with Gasteiger partial charge in [-0.25, -0.2) is 4.79 Å². The minimum absolute atomic E-state index is 0.324. The van der Waals surface area contributed by atoms with Crippen molar-refractivity contribution in [2.75, 3.05) is 11.9 Å². The number of carbonyl (C=O) groups is 1. The van der Waals surface area contributed by atoms with Gasteiger partial charge in [0.1, 0.15) is 0 Å². The summed E-state index contributed by atoms with van der Waals surface area (Å²) in [5.41, 5.74) is 2.33. The Morgan fingerprint density at radius 2 is 1.62 bits per heavy atom. The maximum atomic E-state index is 11.8. The van der Waals surface area contributed by atoms with Crippen LogP contribution in [0.1, 0.15) is 18.1 Å². The van der Waals surface area contributed by atoms with Crippen molar-refractivity contribution in [1.29, 1.82) is 0 Å². The Morgan fingerprint density at radius 1 is 0.958 bits per heavy atom. The molecule has 0 aliphatic rings. The first-order valence-corrected chi connectivity index (χ1v) is 7.80. The molecular formula is C21H17NO2. The van der Waals surface area contributed by atoms with Crippen LogP contribution >= 0.6 is 0 Å². The lowest BCUT2D eigenvalue weighted by atomic mass is 10.0. The fourth-order valence-electron chi connectivity index (χ4n) is 2.39. The Bertz CT molecular complexity index is 921. The van der Waals surface area contributed by atoms with Gasteiger partial charge in [0.15, 0.2) is 0 Å². The van der Waals surface area contributed by atoms with E-state index in [1.54, 1.807) is 6.92 Å². The van der Waals surface area contributed by atoms with Crippen LogP contribution in [0.2, 0.25) is 0 Å². The number of amides is 1. The van der Waals surface area contributed by atoms with E-state index >= 15 is 0 Å². The summed E-state index contributed by atoms with van der Waals surface area (Å²) in [6, 6.07) is 21.6. The van der Waals surface area contributed by atoms with E-state index in [9.17, 15) is 4.79 Å². The van der Waals surface area contributed by atoms with Crippen LogP contribution in [0.5, 0.6) is 0 Å². The number of fused-ring (bicyclic) bond motifs is 1. The fourth-order valence-corrected chi connectivity index (χ4v) is 2.39. The quantitative estimate of drug-likeness (QED) is 0.689. The first-order valence-electron chi connectivity index (χ1n) is 7.80. The van der Waals surface area contributed by atoms with Crippen LogP contribution in [0.15, 0.2) is 66.7 Å². The van der Waals surface area contributed by atoms with Crippen LogP contribution in [0.25, 0.3) is 10.8 Å². The third-order valence-electron chi connectivity index (χ3n) is 3.51. The van der Waals surface area contributed by atoms with Crippen molar-refractivity contribution in [3.05, 3.63) is 77.9 Å². The van der Waals surface area contributed by atoms with Crippen molar-refractivity contribution in [3.63, 3.8) is 0 Å². The molecule has 0 aromatic heterocycles. The zero-order chi connectivity index (χ0) is 16.8. The van der Waals surface area contributed by atoms with Gasteiger partial charge in [-0.3, -0.25) is 5.32 Å². The molecule has 118 valence electrons. The molecule has 1 amide bonds. The van der Waals surface area contributed by atoms with Crippen LogP contribution in [0.4, 0.5) is 10.5 Å². The van der Waals surface area contributed by atoms with Crippen molar-refractivity contribution in [1.82, 2.24) is 0 Å². The first kappa shape index (κ1) is 15.6. The molecule has 3 aromatic carbocycles. The van der Waals surface area contributed by atoms with Crippen LogP contribution in [0.3, 0.4) is 0 Å². The Labute approximate surface area is 141 Å². The van der Waals surface area contributed by atoms with E-state index in [4.69, 9.17) is 4.74 Å². The summed E-state index contributed by atoms with van der Waals surface area (Å²) in [7, 11) is 0. The third kappa shape index (κ3) is 3.74. The monoisotopic (exact) mass is 315 g/mol. The minimum Gasteiger partial charge on any atom is -0.450 e. The molecule has 0 saturated carbocycles. The van der Waals surface area contributed by atoms with Gasteiger partial charge in [-0.15, -0.1) is 0 Å². The number of rotatable bonds is 2. The molecule has 0 spiro atoms. The first-order chi connectivity index (χ1) is 11.8. The van der Waals surface area contributed by atoms with E-state index in [0.717, 1.165) is 21.9 Å². The molecule has 1 N–H and O–H groups in total. The highest BCUT2D eigenvalue weighted by atomic mass is 16.5. The van der Waals surface area contributed by atoms with Crippen LogP contribution in [-0.2, 0) is 4.74 Å². The van der Waals surface area contributed by atoms with Crippen molar-refractivity contribution < 1.29 is 9.53 Å². The van der Waals surface area contributed by atoms with Gasteiger partial charge in [0.2, 0.25) is 0 Å². The Kier molecular flexibility index (Phi) is 4.78. The van der Waals surface area contributed by atoms with Crippen molar-refractivity contribution in [2.24, 2.45) is 0 Å². The lowest BCUT2D eigenvalue weighted by molar-refractivity contribution is 0.168. The van der Waals surface area contributed by atoms with E-state index in [-0.39, 0.29) is 0 Å². The summed E-state index contributed by atoms with van der Waals surface area (Å²) in [5, 5.41) is 4.89. The number of anilines is 1. The molecule has 3 heteroatoms. The zero-order valence-corrected chi connectivity index (χ0v) is 13.4. The van der Waals surface area contributed by atoms with E-state index in [1.165, 1.54) is 0 Å². The normalized spacial score (nSPS) is 9.88. The van der Waals surface area contributed by atoms with E-state index < -0.39 is 6.09 Å². The van der Waals surface area contributed by atoms with Crippen molar-refractivity contribution >= 4 is 22.6 Å². The maximum absolute atomic E-state index is 11.8. The average molecular weight is 315 g/mol. The van der Waals surface area contributed by atoms with Crippen LogP contribution in [0, 0.1) is 11.8 Å². The zero-order valence-electron chi connectivity index (χ0n) is 13.4. The molecule has 3 aromatic rings. The molecule has 3 rings (SSSR count). The lowest BCUT2D eigenvalue weighted by Gasteiger charge is -2.09. The Morgan fingerprint density at radius 3 is 2.33 bits per heavy atom. The number of nitrogens with one attached hydrogen (secondary N) is 1. The number of ether oxygens (including phenoxy) is 1. The number of carbonyl (C=O) groups excluding carboxylic acids is 1. The molecule has 0 unspecified atom stereocenters. The second-order valence-electron chi connectivity index (χ2n) is 5.21. The molecule has 0 radical (unpaired) electrons. The predicted molar refractivity (Wildman–Crippen MR) is 97.0 cm³/mol. The predicted octanol–water partition coefficient (Wildman–Crippen LogP) is 4.81. The van der Waals surface area contributed by atoms with Gasteiger partial charge >= 0.3 is 6.09 Å². The summed E-state index contributed by atoms with van der Waals surface area (Å²) in [6.45, 7) is 2.10. The summed E-state index contributed by atoms with van der Waals surface area (Å²) in [6.07, 6.45) is -0.476. The second-order valence-corrected chi connectivity index (χ2v) is 5.21. The second kappa shape index (κ2) is 7.34. The molecule has 0 bridgehead atoms. The highest BCUT2D eigenvalue weighted by Gasteiger charge is 2.08. The topological polar surface area (TPSA) is 38.3 Å². The van der Waals surface area contributed by atoms with Gasteiger partial charge in [0, 0.05) is 11.1 Å². The highest BCUT2D eigenvalue weighted by molar-refractivity contribution is 5.94. The summed E-state index contributed by atoms with van der Waals surface area (Å²) >= 11 is 0. The summed E-state index contributed by atoms with van der Waals surface area (Å²) < 4.78 is 4.98. The Hall–Kier alpha value is -3.25. The highest BCUT2D eigenvalue weighted by Crippen LogP contribution is 2.24. The number of benzene rings is 3. The Balaban J connectivity index is 2.03. The number of hydrogen-bond donors (Lipinski definition) is 1. The fraction of sp³-hybridized carbons (Fsp3) is 0.0952.